The van der Waals surface area contributed by atoms with Crippen LogP contribution >= 0.6 is 0 Å². The molecule has 3 nitrogen and oxygen atoms in total. The quantitative estimate of drug-likeness (QED) is 0.713. The van der Waals surface area contributed by atoms with Gasteiger partial charge in [0.1, 0.15) is 0 Å². The fourth-order valence-electron chi connectivity index (χ4n) is 3.13. The lowest BCUT2D eigenvalue weighted by atomic mass is 9.93. The Bertz CT molecular complexity index is 801. The highest BCUT2D eigenvalue weighted by molar-refractivity contribution is 5.39. The van der Waals surface area contributed by atoms with Crippen LogP contribution in [0.4, 0.5) is 0 Å². The third kappa shape index (κ3) is 3.67. The van der Waals surface area contributed by atoms with E-state index in [9.17, 15) is 0 Å². The normalized spacial score (nSPS) is 12.5. The number of aryl methyl sites for hydroxylation is 1. The van der Waals surface area contributed by atoms with Crippen LogP contribution in [0.2, 0.25) is 0 Å². The summed E-state index contributed by atoms with van der Waals surface area (Å²) in [6.07, 6.45) is 1.05. The van der Waals surface area contributed by atoms with Gasteiger partial charge in [0.05, 0.1) is 17.1 Å². The minimum Gasteiger partial charge on any atom is -0.329 e. The standard InChI is InChI=1S/C22H27N3/c1-4-17-10-12-18(13-11-17)20(15-23)22-14-21(16(2)3)24-25(22)19-8-6-5-7-9-19/h5-14,16,20H,4,15,23H2,1-3H3. The Morgan fingerprint density at radius 3 is 2.24 bits per heavy atom. The zero-order chi connectivity index (χ0) is 17.8. The van der Waals surface area contributed by atoms with Gasteiger partial charge in [-0.1, -0.05) is 63.2 Å². The molecule has 1 aromatic heterocycles. The van der Waals surface area contributed by atoms with Crippen molar-refractivity contribution in [1.82, 2.24) is 9.78 Å². The van der Waals surface area contributed by atoms with Crippen molar-refractivity contribution >= 4 is 0 Å². The number of nitrogens with two attached hydrogens (primary N) is 1. The molecule has 0 aliphatic heterocycles. The molecule has 0 spiro atoms. The second-order valence-electron chi connectivity index (χ2n) is 6.78. The first-order chi connectivity index (χ1) is 12.1. The summed E-state index contributed by atoms with van der Waals surface area (Å²) >= 11 is 0. The molecule has 0 aliphatic rings. The number of nitrogens with zero attached hydrogens (tertiary/aromatic N) is 2. The molecular formula is C22H27N3. The number of hydrogen-bond donors (Lipinski definition) is 1. The van der Waals surface area contributed by atoms with Crippen molar-refractivity contribution in [2.24, 2.45) is 5.73 Å². The Labute approximate surface area is 150 Å². The van der Waals surface area contributed by atoms with Crippen molar-refractivity contribution in [2.75, 3.05) is 6.54 Å². The lowest BCUT2D eigenvalue weighted by Gasteiger charge is -2.18. The average Bonchev–Trinajstić information content (AvgIpc) is 3.09. The van der Waals surface area contributed by atoms with E-state index in [4.69, 9.17) is 10.8 Å². The zero-order valence-corrected chi connectivity index (χ0v) is 15.3. The predicted molar refractivity (Wildman–Crippen MR) is 104 cm³/mol. The molecule has 0 radical (unpaired) electrons. The molecule has 1 heterocycles. The van der Waals surface area contributed by atoms with Crippen LogP contribution in [0, 0.1) is 0 Å². The van der Waals surface area contributed by atoms with Gasteiger partial charge in [-0.15, -0.1) is 0 Å². The first kappa shape index (κ1) is 17.4. The molecule has 0 aliphatic carbocycles. The topological polar surface area (TPSA) is 43.8 Å². The lowest BCUT2D eigenvalue weighted by molar-refractivity contribution is 0.706. The molecule has 3 heteroatoms. The molecule has 0 fully saturated rings. The molecule has 1 unspecified atom stereocenters. The first-order valence-electron chi connectivity index (χ1n) is 9.08. The van der Waals surface area contributed by atoms with Gasteiger partial charge in [-0.2, -0.15) is 5.10 Å². The van der Waals surface area contributed by atoms with Crippen LogP contribution in [0.1, 0.15) is 55.1 Å². The van der Waals surface area contributed by atoms with E-state index in [1.54, 1.807) is 0 Å². The maximum Gasteiger partial charge on any atom is 0.0657 e. The van der Waals surface area contributed by atoms with Crippen molar-refractivity contribution in [2.45, 2.75) is 39.0 Å². The predicted octanol–water partition coefficient (Wildman–Crippen LogP) is 4.65. The number of benzene rings is 2. The molecule has 0 saturated carbocycles. The summed E-state index contributed by atoms with van der Waals surface area (Å²) in [6.45, 7) is 7.08. The van der Waals surface area contributed by atoms with E-state index in [-0.39, 0.29) is 5.92 Å². The largest absolute Gasteiger partial charge is 0.329 e. The number of rotatable bonds is 6. The molecule has 3 rings (SSSR count). The van der Waals surface area contributed by atoms with Crippen molar-refractivity contribution in [3.63, 3.8) is 0 Å². The van der Waals surface area contributed by atoms with Gasteiger partial charge in [0.2, 0.25) is 0 Å². The fraction of sp³-hybridized carbons (Fsp3) is 0.318. The van der Waals surface area contributed by atoms with E-state index < -0.39 is 0 Å². The first-order valence-corrected chi connectivity index (χ1v) is 9.08. The molecule has 25 heavy (non-hydrogen) atoms. The van der Waals surface area contributed by atoms with Crippen LogP contribution in [-0.2, 0) is 6.42 Å². The third-order valence-electron chi connectivity index (χ3n) is 4.73. The van der Waals surface area contributed by atoms with Crippen LogP contribution in [0.15, 0.2) is 60.7 Å². The van der Waals surface area contributed by atoms with Crippen molar-refractivity contribution in [1.29, 1.82) is 0 Å². The summed E-state index contributed by atoms with van der Waals surface area (Å²) in [5, 5.41) is 4.87. The summed E-state index contributed by atoms with van der Waals surface area (Å²) in [4.78, 5) is 0. The Hall–Kier alpha value is -2.39. The zero-order valence-electron chi connectivity index (χ0n) is 15.3. The van der Waals surface area contributed by atoms with E-state index in [2.05, 4.69) is 67.9 Å². The summed E-state index contributed by atoms with van der Waals surface area (Å²) in [7, 11) is 0. The van der Waals surface area contributed by atoms with Crippen LogP contribution in [-0.4, -0.2) is 16.3 Å². The Kier molecular flexibility index (Phi) is 5.34. The van der Waals surface area contributed by atoms with Gasteiger partial charge in [0, 0.05) is 12.5 Å². The van der Waals surface area contributed by atoms with Crippen LogP contribution in [0.3, 0.4) is 0 Å². The molecule has 0 bridgehead atoms. The maximum atomic E-state index is 6.20. The molecular weight excluding hydrogens is 306 g/mol. The molecule has 0 saturated heterocycles. The average molecular weight is 333 g/mol. The highest BCUT2D eigenvalue weighted by Crippen LogP contribution is 2.29. The van der Waals surface area contributed by atoms with E-state index in [0.717, 1.165) is 23.5 Å². The second kappa shape index (κ2) is 7.66. The van der Waals surface area contributed by atoms with Crippen LogP contribution in [0.25, 0.3) is 5.69 Å². The van der Waals surface area contributed by atoms with Gasteiger partial charge in [-0.05, 0) is 41.7 Å². The molecule has 130 valence electrons. The molecule has 3 aromatic rings. The Balaban J connectivity index is 2.09. The van der Waals surface area contributed by atoms with Gasteiger partial charge in [-0.25, -0.2) is 4.68 Å². The third-order valence-corrected chi connectivity index (χ3v) is 4.73. The van der Waals surface area contributed by atoms with E-state index in [1.165, 1.54) is 11.1 Å². The summed E-state index contributed by atoms with van der Waals surface area (Å²) < 4.78 is 2.06. The monoisotopic (exact) mass is 333 g/mol. The summed E-state index contributed by atoms with van der Waals surface area (Å²) in [5.74, 6) is 0.510. The minimum atomic E-state index is 0.131. The number of para-hydroxylation sites is 1. The Morgan fingerprint density at radius 1 is 1.00 bits per heavy atom. The van der Waals surface area contributed by atoms with E-state index in [0.29, 0.717) is 12.5 Å². The van der Waals surface area contributed by atoms with Crippen molar-refractivity contribution in [3.05, 3.63) is 83.2 Å². The lowest BCUT2D eigenvalue weighted by Crippen LogP contribution is -2.17. The molecule has 1 atom stereocenters. The smallest absolute Gasteiger partial charge is 0.0657 e. The van der Waals surface area contributed by atoms with Crippen LogP contribution < -0.4 is 5.73 Å². The highest BCUT2D eigenvalue weighted by Gasteiger charge is 2.21. The van der Waals surface area contributed by atoms with Gasteiger partial charge in [0.15, 0.2) is 0 Å². The van der Waals surface area contributed by atoms with E-state index >= 15 is 0 Å². The summed E-state index contributed by atoms with van der Waals surface area (Å²) in [5.41, 5.74) is 12.1. The van der Waals surface area contributed by atoms with Crippen molar-refractivity contribution in [3.8, 4) is 5.69 Å². The minimum absolute atomic E-state index is 0.131. The number of hydrogen-bond acceptors (Lipinski definition) is 2. The van der Waals surface area contributed by atoms with Gasteiger partial charge in [0.25, 0.3) is 0 Å². The SMILES string of the molecule is CCc1ccc(C(CN)c2cc(C(C)C)nn2-c2ccccc2)cc1. The van der Waals surface area contributed by atoms with Gasteiger partial charge >= 0.3 is 0 Å². The van der Waals surface area contributed by atoms with Gasteiger partial charge in [-0.3, -0.25) is 0 Å². The maximum absolute atomic E-state index is 6.20. The summed E-state index contributed by atoms with van der Waals surface area (Å²) in [6, 6.07) is 21.3. The molecule has 2 aromatic carbocycles. The van der Waals surface area contributed by atoms with E-state index in [1.807, 2.05) is 18.2 Å². The van der Waals surface area contributed by atoms with Crippen LogP contribution in [0.5, 0.6) is 0 Å². The highest BCUT2D eigenvalue weighted by atomic mass is 15.3. The molecule has 2 N–H and O–H groups in total. The number of aromatic nitrogens is 2. The molecule has 0 amide bonds. The van der Waals surface area contributed by atoms with Gasteiger partial charge < -0.3 is 5.73 Å². The Morgan fingerprint density at radius 2 is 1.68 bits per heavy atom. The van der Waals surface area contributed by atoms with Crippen molar-refractivity contribution < 1.29 is 0 Å². The fourth-order valence-corrected chi connectivity index (χ4v) is 3.13. The second-order valence-corrected chi connectivity index (χ2v) is 6.78.